The number of aromatic hydroxyl groups is 1. The average Bonchev–Trinajstić information content (AvgIpc) is 3.28. The number of nitrogens with one attached hydrogen (secondary N) is 1. The molecule has 1 saturated carbocycles. The van der Waals surface area contributed by atoms with Crippen LogP contribution in [0.2, 0.25) is 0 Å². The molecule has 0 radical (unpaired) electrons. The molecule has 1 aromatic carbocycles. The topological polar surface area (TPSA) is 79.6 Å². The number of ether oxygens (including phenoxy) is 1. The van der Waals surface area contributed by atoms with Crippen molar-refractivity contribution in [2.75, 3.05) is 25.6 Å². The molecule has 144 valence electrons. The van der Waals surface area contributed by atoms with E-state index in [2.05, 4.69) is 15.3 Å². The molecule has 2 atom stereocenters. The van der Waals surface area contributed by atoms with E-state index in [1.807, 2.05) is 23.0 Å². The molecule has 2 N–H and O–H groups in total. The van der Waals surface area contributed by atoms with Crippen LogP contribution >= 0.6 is 0 Å². The summed E-state index contributed by atoms with van der Waals surface area (Å²) in [7, 11) is 1.72. The molecule has 7 nitrogen and oxygen atoms in total. The molecule has 1 saturated heterocycles. The lowest BCUT2D eigenvalue weighted by atomic mass is 10.1. The molecular weight excluding hydrogens is 344 g/mol. The van der Waals surface area contributed by atoms with Crippen LogP contribution in [0.1, 0.15) is 30.9 Å². The maximum absolute atomic E-state index is 11.9. The van der Waals surface area contributed by atoms with Crippen molar-refractivity contribution in [2.24, 2.45) is 5.92 Å². The molecule has 1 amide bonds. The number of aromatic nitrogens is 2. The number of nitrogens with zero attached hydrogens (tertiary/aromatic N) is 3. The molecule has 2 aromatic rings. The van der Waals surface area contributed by atoms with Crippen LogP contribution in [0.3, 0.4) is 0 Å². The van der Waals surface area contributed by atoms with Gasteiger partial charge in [-0.15, -0.1) is 0 Å². The van der Waals surface area contributed by atoms with Crippen molar-refractivity contribution in [3.8, 4) is 5.75 Å². The molecule has 27 heavy (non-hydrogen) atoms. The Morgan fingerprint density at radius 3 is 3.00 bits per heavy atom. The maximum atomic E-state index is 11.9. The van der Waals surface area contributed by atoms with E-state index in [0.29, 0.717) is 6.61 Å². The van der Waals surface area contributed by atoms with Crippen molar-refractivity contribution < 1.29 is 14.6 Å². The van der Waals surface area contributed by atoms with Gasteiger partial charge in [0, 0.05) is 38.4 Å². The Morgan fingerprint density at radius 2 is 2.26 bits per heavy atom. The van der Waals surface area contributed by atoms with Crippen LogP contribution in [0.25, 0.3) is 0 Å². The zero-order chi connectivity index (χ0) is 18.8. The van der Waals surface area contributed by atoms with Crippen LogP contribution in [-0.2, 0) is 16.1 Å². The van der Waals surface area contributed by atoms with E-state index in [-0.39, 0.29) is 29.7 Å². The summed E-state index contributed by atoms with van der Waals surface area (Å²) in [6.45, 7) is 2.26. The summed E-state index contributed by atoms with van der Waals surface area (Å²) in [5.41, 5.74) is 1.84. The molecule has 1 aromatic heterocycles. The smallest absolute Gasteiger partial charge is 0.227 e. The quantitative estimate of drug-likeness (QED) is 0.782. The van der Waals surface area contributed by atoms with Crippen LogP contribution in [-0.4, -0.2) is 52.0 Å². The zero-order valence-electron chi connectivity index (χ0n) is 15.5. The van der Waals surface area contributed by atoms with E-state index in [1.165, 1.54) is 0 Å². The van der Waals surface area contributed by atoms with Crippen LogP contribution in [0.4, 0.5) is 5.69 Å². The number of phenols is 1. The first-order chi connectivity index (χ1) is 13.1. The van der Waals surface area contributed by atoms with E-state index in [0.717, 1.165) is 43.6 Å². The number of hydrogen-bond acceptors (Lipinski definition) is 5. The third-order valence-electron chi connectivity index (χ3n) is 5.35. The van der Waals surface area contributed by atoms with Crippen molar-refractivity contribution in [3.63, 3.8) is 0 Å². The lowest BCUT2D eigenvalue weighted by Crippen LogP contribution is -2.32. The Kier molecular flexibility index (Phi) is 5.13. The number of rotatable bonds is 7. The summed E-state index contributed by atoms with van der Waals surface area (Å²) < 4.78 is 7.37. The summed E-state index contributed by atoms with van der Waals surface area (Å²) in [4.78, 5) is 14.3. The van der Waals surface area contributed by atoms with Crippen molar-refractivity contribution in [2.45, 2.75) is 37.9 Å². The molecule has 0 unspecified atom stereocenters. The normalized spacial score (nSPS) is 22.9. The monoisotopic (exact) mass is 370 g/mol. The second-order valence-corrected chi connectivity index (χ2v) is 7.57. The third-order valence-corrected chi connectivity index (χ3v) is 5.35. The molecule has 2 heterocycles. The van der Waals surface area contributed by atoms with Gasteiger partial charge in [-0.1, -0.05) is 12.1 Å². The highest BCUT2D eigenvalue weighted by Crippen LogP contribution is 2.32. The fourth-order valence-corrected chi connectivity index (χ4v) is 3.79. The molecule has 2 aliphatic rings. The van der Waals surface area contributed by atoms with E-state index in [9.17, 15) is 9.90 Å². The van der Waals surface area contributed by atoms with Gasteiger partial charge in [0.05, 0.1) is 24.5 Å². The number of carbonyl (C=O) groups is 1. The zero-order valence-corrected chi connectivity index (χ0v) is 15.5. The predicted octanol–water partition coefficient (Wildman–Crippen LogP) is 2.40. The van der Waals surface area contributed by atoms with Crippen LogP contribution in [0, 0.1) is 5.92 Å². The van der Waals surface area contributed by atoms with Gasteiger partial charge in [0.2, 0.25) is 5.91 Å². The Balaban J connectivity index is 1.43. The lowest BCUT2D eigenvalue weighted by Gasteiger charge is -2.23. The first-order valence-corrected chi connectivity index (χ1v) is 9.48. The SMILES string of the molecule is COC[C@@H]1C[C@H](n2cc(NC(=O)C3CC3)cn2)CN1Cc1cccc(O)c1. The van der Waals surface area contributed by atoms with Gasteiger partial charge in [-0.05, 0) is 37.0 Å². The molecule has 1 aliphatic heterocycles. The molecule has 0 spiro atoms. The Hall–Kier alpha value is -2.38. The van der Waals surface area contributed by atoms with Gasteiger partial charge in [0.15, 0.2) is 0 Å². The van der Waals surface area contributed by atoms with Crippen LogP contribution in [0.15, 0.2) is 36.7 Å². The van der Waals surface area contributed by atoms with Crippen molar-refractivity contribution in [1.29, 1.82) is 0 Å². The minimum atomic E-state index is 0.101. The molecule has 0 bridgehead atoms. The number of amides is 1. The number of methoxy groups -OCH3 is 1. The van der Waals surface area contributed by atoms with Crippen molar-refractivity contribution in [3.05, 3.63) is 42.2 Å². The number of anilines is 1. The standard InChI is InChI=1S/C20H26N4O3/c1-27-13-18-8-17(12-23(18)10-14-3-2-4-19(25)7-14)24-11-16(9-21-24)22-20(26)15-5-6-15/h2-4,7,9,11,15,17-18,25H,5-6,8,10,12-13H2,1H3,(H,22,26)/t17-,18-/m0/s1. The number of likely N-dealkylation sites (tertiary alicyclic amines) is 1. The number of benzene rings is 1. The maximum Gasteiger partial charge on any atom is 0.227 e. The van der Waals surface area contributed by atoms with E-state index in [4.69, 9.17) is 4.74 Å². The summed E-state index contributed by atoms with van der Waals surface area (Å²) in [6.07, 6.45) is 6.57. The average molecular weight is 370 g/mol. The van der Waals surface area contributed by atoms with Crippen LogP contribution in [0.5, 0.6) is 5.75 Å². The first kappa shape index (κ1) is 18.0. The van der Waals surface area contributed by atoms with Gasteiger partial charge in [-0.25, -0.2) is 0 Å². The van der Waals surface area contributed by atoms with E-state index >= 15 is 0 Å². The van der Waals surface area contributed by atoms with E-state index in [1.54, 1.807) is 25.4 Å². The van der Waals surface area contributed by atoms with Gasteiger partial charge < -0.3 is 15.2 Å². The second-order valence-electron chi connectivity index (χ2n) is 7.57. The fourth-order valence-electron chi connectivity index (χ4n) is 3.79. The summed E-state index contributed by atoms with van der Waals surface area (Å²) in [5.74, 6) is 0.571. The molecular formula is C20H26N4O3. The van der Waals surface area contributed by atoms with E-state index < -0.39 is 0 Å². The van der Waals surface area contributed by atoms with Gasteiger partial charge in [-0.3, -0.25) is 14.4 Å². The largest absolute Gasteiger partial charge is 0.508 e. The highest BCUT2D eigenvalue weighted by Gasteiger charge is 2.34. The number of hydrogen-bond donors (Lipinski definition) is 2. The summed E-state index contributed by atoms with van der Waals surface area (Å²) in [5, 5.41) is 17.1. The molecule has 7 heteroatoms. The lowest BCUT2D eigenvalue weighted by molar-refractivity contribution is -0.117. The minimum absolute atomic E-state index is 0.101. The van der Waals surface area contributed by atoms with Gasteiger partial charge >= 0.3 is 0 Å². The van der Waals surface area contributed by atoms with Crippen molar-refractivity contribution in [1.82, 2.24) is 14.7 Å². The number of carbonyl (C=O) groups excluding carboxylic acids is 1. The minimum Gasteiger partial charge on any atom is -0.508 e. The highest BCUT2D eigenvalue weighted by molar-refractivity contribution is 5.93. The Labute approximate surface area is 158 Å². The molecule has 4 rings (SSSR count). The molecule has 1 aliphatic carbocycles. The summed E-state index contributed by atoms with van der Waals surface area (Å²) in [6, 6.07) is 7.90. The van der Waals surface area contributed by atoms with Crippen LogP contribution < -0.4 is 5.32 Å². The van der Waals surface area contributed by atoms with Gasteiger partial charge in [0.25, 0.3) is 0 Å². The third kappa shape index (κ3) is 4.31. The Bertz CT molecular complexity index is 802. The number of phenolic OH excluding ortho intramolecular Hbond substituents is 1. The predicted molar refractivity (Wildman–Crippen MR) is 101 cm³/mol. The van der Waals surface area contributed by atoms with Gasteiger partial charge in [0.1, 0.15) is 5.75 Å². The Morgan fingerprint density at radius 1 is 1.41 bits per heavy atom. The second kappa shape index (κ2) is 7.70. The van der Waals surface area contributed by atoms with Crippen molar-refractivity contribution >= 4 is 11.6 Å². The summed E-state index contributed by atoms with van der Waals surface area (Å²) >= 11 is 0. The fraction of sp³-hybridized carbons (Fsp3) is 0.500. The van der Waals surface area contributed by atoms with Gasteiger partial charge in [-0.2, -0.15) is 5.10 Å². The first-order valence-electron chi connectivity index (χ1n) is 9.48. The highest BCUT2D eigenvalue weighted by atomic mass is 16.5. The molecule has 2 fully saturated rings.